The molecule has 10 heavy (non-hydrogen) atoms. The van der Waals surface area contributed by atoms with Gasteiger partial charge in [-0.1, -0.05) is 0 Å². The van der Waals surface area contributed by atoms with E-state index in [1.54, 1.807) is 0 Å². The zero-order valence-corrected chi connectivity index (χ0v) is 4.57. The summed E-state index contributed by atoms with van der Waals surface area (Å²) in [5, 5.41) is 16.0. The number of hydrogen-bond acceptors (Lipinski definition) is 3. The van der Waals surface area contributed by atoms with Gasteiger partial charge in [0.05, 0.1) is 6.42 Å². The van der Waals surface area contributed by atoms with E-state index in [9.17, 15) is 9.59 Å². The van der Waals surface area contributed by atoms with Gasteiger partial charge < -0.3 is 15.9 Å². The average Bonchev–Trinajstić information content (AvgIpc) is 1.63. The van der Waals surface area contributed by atoms with Crippen LogP contribution in [0.3, 0.4) is 0 Å². The molecule has 0 aliphatic heterocycles. The summed E-state index contributed by atoms with van der Waals surface area (Å²) in [6.45, 7) is 0. The van der Waals surface area contributed by atoms with Crippen molar-refractivity contribution in [2.24, 2.45) is 5.73 Å². The number of carboxylic acid groups (broad SMARTS) is 2. The fourth-order valence-corrected chi connectivity index (χ4v) is 0.275. The molecule has 0 aromatic heterocycles. The van der Waals surface area contributed by atoms with Crippen LogP contribution in [0.25, 0.3) is 0 Å². The van der Waals surface area contributed by atoms with E-state index >= 15 is 0 Å². The van der Waals surface area contributed by atoms with Gasteiger partial charge in [0.2, 0.25) is 0 Å². The second-order valence-corrected chi connectivity index (χ2v) is 1.54. The molecule has 0 aliphatic carbocycles. The summed E-state index contributed by atoms with van der Waals surface area (Å²) in [5.74, 6) is -2.50. The van der Waals surface area contributed by atoms with Crippen molar-refractivity contribution in [2.45, 2.75) is 12.5 Å². The van der Waals surface area contributed by atoms with Crippen LogP contribution in [-0.4, -0.2) is 73.7 Å². The van der Waals surface area contributed by atoms with Gasteiger partial charge >= 0.3 is 57.4 Å². The summed E-state index contributed by atoms with van der Waals surface area (Å²) < 4.78 is 0. The first kappa shape index (κ1) is 13.0. The van der Waals surface area contributed by atoms with E-state index in [1.807, 2.05) is 0 Å². The minimum absolute atomic E-state index is 0. The Morgan fingerprint density at radius 3 is 1.90 bits per heavy atom. The molecule has 0 fully saturated rings. The third kappa shape index (κ3) is 6.50. The Kier molecular flexibility index (Phi) is 7.95. The number of carbonyl (C=O) groups is 2. The van der Waals surface area contributed by atoms with E-state index in [2.05, 4.69) is 0 Å². The van der Waals surface area contributed by atoms with Crippen LogP contribution in [0.1, 0.15) is 6.42 Å². The zero-order chi connectivity index (χ0) is 7.44. The minimum atomic E-state index is -1.29. The number of aliphatic carboxylic acids is 2. The van der Waals surface area contributed by atoms with Crippen molar-refractivity contribution in [3.63, 3.8) is 0 Å². The Morgan fingerprint density at radius 1 is 1.40 bits per heavy atom. The van der Waals surface area contributed by atoms with E-state index in [0.29, 0.717) is 0 Å². The first-order valence-corrected chi connectivity index (χ1v) is 2.24. The van der Waals surface area contributed by atoms with Crippen LogP contribution >= 0.6 is 0 Å². The fourth-order valence-electron chi connectivity index (χ4n) is 0.275. The Labute approximate surface area is 94.5 Å². The van der Waals surface area contributed by atoms with Gasteiger partial charge in [-0.15, -0.1) is 0 Å². The molecule has 6 heteroatoms. The van der Waals surface area contributed by atoms with Crippen LogP contribution in [0.4, 0.5) is 0 Å². The van der Waals surface area contributed by atoms with Crippen molar-refractivity contribution < 1.29 is 19.8 Å². The Bertz CT molecular complexity index is 137. The predicted molar refractivity (Wildman–Crippen MR) is 36.4 cm³/mol. The van der Waals surface area contributed by atoms with Gasteiger partial charge in [-0.3, -0.25) is 9.59 Å². The van der Waals surface area contributed by atoms with Crippen molar-refractivity contribution in [3.05, 3.63) is 0 Å². The summed E-state index contributed by atoms with van der Waals surface area (Å²) in [6, 6.07) is -1.29. The predicted octanol–water partition coefficient (Wildman–Crippen LogP) is -2.04. The molecule has 0 saturated heterocycles. The summed E-state index contributed by atoms with van der Waals surface area (Å²) in [7, 11) is 0. The SMILES string of the molecule is NC(CC(=O)O)C(=O)O.[SrH2]. The van der Waals surface area contributed by atoms with Crippen molar-refractivity contribution in [3.8, 4) is 0 Å². The van der Waals surface area contributed by atoms with E-state index < -0.39 is 24.4 Å². The Morgan fingerprint density at radius 2 is 1.80 bits per heavy atom. The summed E-state index contributed by atoms with van der Waals surface area (Å²) in [5.41, 5.74) is 4.84. The third-order valence-electron chi connectivity index (χ3n) is 0.712. The molecule has 0 aromatic carbocycles. The molecular formula is C4H9NO4Sr. The summed E-state index contributed by atoms with van der Waals surface area (Å²) in [6.07, 6.45) is -0.532. The van der Waals surface area contributed by atoms with Crippen LogP contribution in [0.15, 0.2) is 0 Å². The van der Waals surface area contributed by atoms with Gasteiger partial charge in [-0.05, 0) is 0 Å². The maximum absolute atomic E-state index is 9.85. The van der Waals surface area contributed by atoms with Gasteiger partial charge in [-0.2, -0.15) is 0 Å². The molecule has 0 radical (unpaired) electrons. The van der Waals surface area contributed by atoms with Crippen LogP contribution in [0.2, 0.25) is 0 Å². The molecule has 0 saturated carbocycles. The van der Waals surface area contributed by atoms with Crippen LogP contribution in [0, 0.1) is 0 Å². The van der Waals surface area contributed by atoms with Crippen molar-refractivity contribution in [2.75, 3.05) is 0 Å². The molecule has 5 nitrogen and oxygen atoms in total. The van der Waals surface area contributed by atoms with Gasteiger partial charge in [0.1, 0.15) is 6.04 Å². The van der Waals surface area contributed by atoms with Crippen LogP contribution in [-0.2, 0) is 9.59 Å². The van der Waals surface area contributed by atoms with Gasteiger partial charge in [0.15, 0.2) is 0 Å². The second kappa shape index (κ2) is 6.11. The molecule has 0 aliphatic rings. The monoisotopic (exact) mass is 223 g/mol. The first-order chi connectivity index (χ1) is 4.04. The Hall–Kier alpha value is 0.381. The number of carboxylic acids is 2. The Balaban J connectivity index is 0. The molecule has 0 spiro atoms. The first-order valence-electron chi connectivity index (χ1n) is 2.24. The molecule has 4 N–H and O–H groups in total. The summed E-state index contributed by atoms with van der Waals surface area (Å²) >= 11 is 0. The zero-order valence-electron chi connectivity index (χ0n) is 4.57. The van der Waals surface area contributed by atoms with Gasteiger partial charge in [0, 0.05) is 0 Å². The van der Waals surface area contributed by atoms with Gasteiger partial charge in [0.25, 0.3) is 0 Å². The molecule has 0 rings (SSSR count). The standard InChI is InChI=1S/C4H7NO4.Sr.2H/c5-2(4(8)9)1-3(6)7;;;/h2H,1,5H2,(H,6,7)(H,8,9);;;. The molecule has 0 amide bonds. The van der Waals surface area contributed by atoms with E-state index in [4.69, 9.17) is 15.9 Å². The molecule has 56 valence electrons. The molecule has 0 bridgehead atoms. The van der Waals surface area contributed by atoms with Crippen LogP contribution < -0.4 is 5.73 Å². The van der Waals surface area contributed by atoms with Crippen molar-refractivity contribution in [1.82, 2.24) is 0 Å². The number of nitrogens with two attached hydrogens (primary N) is 1. The van der Waals surface area contributed by atoms with Crippen LogP contribution in [0.5, 0.6) is 0 Å². The third-order valence-corrected chi connectivity index (χ3v) is 0.712. The van der Waals surface area contributed by atoms with Crippen molar-refractivity contribution in [1.29, 1.82) is 0 Å². The van der Waals surface area contributed by atoms with E-state index in [-0.39, 0.29) is 45.5 Å². The maximum atomic E-state index is 9.85. The van der Waals surface area contributed by atoms with Crippen molar-refractivity contribution >= 4 is 57.4 Å². The summed E-state index contributed by atoms with van der Waals surface area (Å²) in [4.78, 5) is 19.6. The topological polar surface area (TPSA) is 101 Å². The molecular weight excluding hydrogens is 214 g/mol. The van der Waals surface area contributed by atoms with E-state index in [0.717, 1.165) is 0 Å². The quantitative estimate of drug-likeness (QED) is 0.478. The average molecular weight is 223 g/mol. The number of rotatable bonds is 3. The normalized spacial score (nSPS) is 11.3. The van der Waals surface area contributed by atoms with E-state index in [1.165, 1.54) is 0 Å². The molecule has 1 unspecified atom stereocenters. The number of hydrogen-bond donors (Lipinski definition) is 3. The second-order valence-electron chi connectivity index (χ2n) is 1.54. The van der Waals surface area contributed by atoms with Gasteiger partial charge in [-0.25, -0.2) is 0 Å². The fraction of sp³-hybridized carbons (Fsp3) is 0.500. The molecule has 0 heterocycles. The molecule has 0 aromatic rings. The molecule has 1 atom stereocenters.